The normalized spacial score (nSPS) is 16.2. The molecule has 0 bridgehead atoms. The molecule has 7 heteroatoms. The highest BCUT2D eigenvalue weighted by atomic mass is 16.5. The molecule has 1 N–H and O–H groups in total. The van der Waals surface area contributed by atoms with Gasteiger partial charge < -0.3 is 19.4 Å². The lowest BCUT2D eigenvalue weighted by atomic mass is 9.97. The highest BCUT2D eigenvalue weighted by Crippen LogP contribution is 2.29. The molecule has 1 aliphatic heterocycles. The third-order valence-corrected chi connectivity index (χ3v) is 5.33. The van der Waals surface area contributed by atoms with Crippen LogP contribution in [0.3, 0.4) is 0 Å². The zero-order valence-electron chi connectivity index (χ0n) is 17.6. The molecular formula is C23H27N3O4. The van der Waals surface area contributed by atoms with Crippen LogP contribution in [0.25, 0.3) is 0 Å². The van der Waals surface area contributed by atoms with Crippen LogP contribution in [0.15, 0.2) is 35.1 Å². The molecule has 2 aromatic rings. The number of likely N-dealkylation sites (tertiary alicyclic amines) is 1. The second-order valence-electron chi connectivity index (χ2n) is 7.85. The van der Waals surface area contributed by atoms with E-state index in [0.717, 1.165) is 12.8 Å². The minimum Gasteiger partial charge on any atom is -0.493 e. The number of amides is 1. The van der Waals surface area contributed by atoms with Gasteiger partial charge in [0.1, 0.15) is 0 Å². The van der Waals surface area contributed by atoms with E-state index in [1.54, 1.807) is 31.4 Å². The van der Waals surface area contributed by atoms with Crippen molar-refractivity contribution in [3.63, 3.8) is 0 Å². The first-order valence-corrected chi connectivity index (χ1v) is 10.2. The minimum atomic E-state index is -0.198. The van der Waals surface area contributed by atoms with E-state index in [2.05, 4.69) is 11.1 Å². The number of aromatic nitrogens is 1. The number of methoxy groups -OCH3 is 1. The molecule has 1 atom stereocenters. The van der Waals surface area contributed by atoms with E-state index in [9.17, 15) is 9.59 Å². The molecule has 1 unspecified atom stereocenters. The van der Waals surface area contributed by atoms with Gasteiger partial charge in [0.05, 0.1) is 30.9 Å². The number of hydrogen-bond acceptors (Lipinski definition) is 5. The molecule has 158 valence electrons. The molecule has 1 fully saturated rings. The summed E-state index contributed by atoms with van der Waals surface area (Å²) in [6, 6.07) is 10.2. The number of aromatic amines is 1. The fourth-order valence-electron chi connectivity index (χ4n) is 3.75. The topological polar surface area (TPSA) is 95.4 Å². The Bertz CT molecular complexity index is 1010. The van der Waals surface area contributed by atoms with Crippen molar-refractivity contribution in [3.8, 4) is 17.6 Å². The number of rotatable bonds is 6. The van der Waals surface area contributed by atoms with Crippen LogP contribution in [0.5, 0.6) is 11.5 Å². The lowest BCUT2D eigenvalue weighted by molar-refractivity contribution is 0.0629. The first kappa shape index (κ1) is 21.4. The van der Waals surface area contributed by atoms with Crippen molar-refractivity contribution in [3.05, 3.63) is 57.5 Å². The molecular weight excluding hydrogens is 382 g/mol. The SMILES string of the molecule is COc1cc(C#N)ccc1OCC1CCCN(C(=O)c2ccc(=O)[nH]c2C(C)C)C1. The first-order valence-electron chi connectivity index (χ1n) is 10.2. The maximum absolute atomic E-state index is 13.1. The van der Waals surface area contributed by atoms with Crippen LogP contribution in [-0.4, -0.2) is 42.6 Å². The predicted octanol–water partition coefficient (Wildman–Crippen LogP) is 3.31. The lowest BCUT2D eigenvalue weighted by Crippen LogP contribution is -2.42. The van der Waals surface area contributed by atoms with E-state index < -0.39 is 0 Å². The van der Waals surface area contributed by atoms with E-state index in [1.807, 2.05) is 18.7 Å². The van der Waals surface area contributed by atoms with E-state index in [0.29, 0.717) is 48.0 Å². The van der Waals surface area contributed by atoms with E-state index >= 15 is 0 Å². The Morgan fingerprint density at radius 2 is 2.10 bits per heavy atom. The van der Waals surface area contributed by atoms with E-state index in [1.165, 1.54) is 6.07 Å². The second kappa shape index (κ2) is 9.49. The van der Waals surface area contributed by atoms with Crippen molar-refractivity contribution >= 4 is 5.91 Å². The number of nitriles is 1. The van der Waals surface area contributed by atoms with Gasteiger partial charge in [0.15, 0.2) is 11.5 Å². The summed E-state index contributed by atoms with van der Waals surface area (Å²) in [5, 5.41) is 9.02. The van der Waals surface area contributed by atoms with Gasteiger partial charge in [0.25, 0.3) is 5.91 Å². The molecule has 3 rings (SSSR count). The maximum atomic E-state index is 13.1. The highest BCUT2D eigenvalue weighted by Gasteiger charge is 2.27. The van der Waals surface area contributed by atoms with Crippen LogP contribution in [0.1, 0.15) is 54.2 Å². The molecule has 1 aromatic heterocycles. The Labute approximate surface area is 176 Å². The van der Waals surface area contributed by atoms with Crippen LogP contribution in [-0.2, 0) is 0 Å². The third-order valence-electron chi connectivity index (χ3n) is 5.33. The quantitative estimate of drug-likeness (QED) is 0.790. The van der Waals surface area contributed by atoms with Gasteiger partial charge in [-0.3, -0.25) is 9.59 Å². The number of H-pyrrole nitrogens is 1. The molecule has 0 spiro atoms. The zero-order valence-corrected chi connectivity index (χ0v) is 17.6. The van der Waals surface area contributed by atoms with Gasteiger partial charge in [-0.1, -0.05) is 13.8 Å². The monoisotopic (exact) mass is 409 g/mol. The third kappa shape index (κ3) is 4.82. The minimum absolute atomic E-state index is 0.0469. The molecule has 1 aromatic carbocycles. The van der Waals surface area contributed by atoms with Crippen molar-refractivity contribution in [1.82, 2.24) is 9.88 Å². The highest BCUT2D eigenvalue weighted by molar-refractivity contribution is 5.95. The number of ether oxygens (including phenoxy) is 2. The number of hydrogen-bond donors (Lipinski definition) is 1. The fraction of sp³-hybridized carbons (Fsp3) is 0.435. The number of carbonyl (C=O) groups excluding carboxylic acids is 1. The summed E-state index contributed by atoms with van der Waals surface area (Å²) >= 11 is 0. The number of pyridine rings is 1. The lowest BCUT2D eigenvalue weighted by Gasteiger charge is -2.33. The Hall–Kier alpha value is -3.27. The maximum Gasteiger partial charge on any atom is 0.255 e. The Kier molecular flexibility index (Phi) is 6.78. The summed E-state index contributed by atoms with van der Waals surface area (Å²) in [6.45, 7) is 5.65. The number of nitrogens with zero attached hydrogens (tertiary/aromatic N) is 2. The van der Waals surface area contributed by atoms with Gasteiger partial charge in [0, 0.05) is 36.8 Å². The van der Waals surface area contributed by atoms with Crippen LogP contribution in [0.2, 0.25) is 0 Å². The predicted molar refractivity (Wildman–Crippen MR) is 113 cm³/mol. The van der Waals surface area contributed by atoms with Crippen molar-refractivity contribution in [2.75, 3.05) is 26.8 Å². The fourth-order valence-corrected chi connectivity index (χ4v) is 3.75. The number of carbonyl (C=O) groups is 1. The molecule has 0 aliphatic carbocycles. The van der Waals surface area contributed by atoms with E-state index in [-0.39, 0.29) is 23.3 Å². The van der Waals surface area contributed by atoms with Gasteiger partial charge in [-0.05, 0) is 37.0 Å². The second-order valence-corrected chi connectivity index (χ2v) is 7.85. The molecule has 1 aliphatic rings. The summed E-state index contributed by atoms with van der Waals surface area (Å²) in [5.74, 6) is 1.28. The smallest absolute Gasteiger partial charge is 0.255 e. The number of piperidine rings is 1. The van der Waals surface area contributed by atoms with Gasteiger partial charge in [-0.2, -0.15) is 5.26 Å². The summed E-state index contributed by atoms with van der Waals surface area (Å²) in [7, 11) is 1.54. The average molecular weight is 409 g/mol. The first-order chi connectivity index (χ1) is 14.4. The van der Waals surface area contributed by atoms with Gasteiger partial charge in [-0.25, -0.2) is 0 Å². The molecule has 2 heterocycles. The molecule has 30 heavy (non-hydrogen) atoms. The summed E-state index contributed by atoms with van der Waals surface area (Å²) < 4.78 is 11.3. The van der Waals surface area contributed by atoms with Gasteiger partial charge >= 0.3 is 0 Å². The van der Waals surface area contributed by atoms with Crippen molar-refractivity contribution < 1.29 is 14.3 Å². The molecule has 1 amide bonds. The zero-order chi connectivity index (χ0) is 21.7. The number of nitrogens with one attached hydrogen (secondary N) is 1. The number of benzene rings is 1. The summed E-state index contributed by atoms with van der Waals surface area (Å²) in [6.07, 6.45) is 1.86. The van der Waals surface area contributed by atoms with Crippen molar-refractivity contribution in [2.45, 2.75) is 32.6 Å². The van der Waals surface area contributed by atoms with Gasteiger partial charge in [0.2, 0.25) is 5.56 Å². The van der Waals surface area contributed by atoms with Gasteiger partial charge in [-0.15, -0.1) is 0 Å². The summed E-state index contributed by atoms with van der Waals surface area (Å²) in [4.78, 5) is 29.5. The molecule has 0 saturated carbocycles. The van der Waals surface area contributed by atoms with Crippen LogP contribution >= 0.6 is 0 Å². The molecule has 1 saturated heterocycles. The Morgan fingerprint density at radius 1 is 1.30 bits per heavy atom. The molecule has 0 radical (unpaired) electrons. The van der Waals surface area contributed by atoms with Crippen LogP contribution in [0.4, 0.5) is 0 Å². The standard InChI is InChI=1S/C23H27N3O4/c1-15(2)22-18(7-9-21(27)25-22)23(28)26-10-4-5-17(13-26)14-30-19-8-6-16(12-24)11-20(19)29-3/h6-9,11,15,17H,4-5,10,13-14H2,1-3H3,(H,25,27). The van der Waals surface area contributed by atoms with Crippen LogP contribution < -0.4 is 15.0 Å². The Morgan fingerprint density at radius 3 is 2.80 bits per heavy atom. The average Bonchev–Trinajstić information content (AvgIpc) is 2.77. The van der Waals surface area contributed by atoms with Crippen molar-refractivity contribution in [1.29, 1.82) is 5.26 Å². The largest absolute Gasteiger partial charge is 0.493 e. The van der Waals surface area contributed by atoms with E-state index in [4.69, 9.17) is 14.7 Å². The van der Waals surface area contributed by atoms with Crippen LogP contribution in [0, 0.1) is 17.2 Å². The Balaban J connectivity index is 1.68. The van der Waals surface area contributed by atoms with Crippen molar-refractivity contribution in [2.24, 2.45) is 5.92 Å². The molecule has 7 nitrogen and oxygen atoms in total. The summed E-state index contributed by atoms with van der Waals surface area (Å²) in [5.41, 5.74) is 1.54.